The van der Waals surface area contributed by atoms with Gasteiger partial charge in [-0.05, 0) is 6.42 Å². The maximum absolute atomic E-state index is 11.6. The molecule has 0 spiro atoms. The first-order valence-electron chi connectivity index (χ1n) is 3.32. The molecule has 0 saturated carbocycles. The van der Waals surface area contributed by atoms with E-state index < -0.39 is 24.8 Å². The van der Waals surface area contributed by atoms with Crippen LogP contribution in [0.1, 0.15) is 12.8 Å². The normalized spacial score (nSPS) is 12.4. The minimum atomic E-state index is -1.24. The Morgan fingerprint density at radius 2 is 2.00 bits per heavy atom. The summed E-state index contributed by atoms with van der Waals surface area (Å²) in [5.74, 6) is -2.34. The van der Waals surface area contributed by atoms with Gasteiger partial charge in [0.1, 0.15) is 12.8 Å². The van der Waals surface area contributed by atoms with Gasteiger partial charge in [-0.3, -0.25) is 14.9 Å². The predicted molar refractivity (Wildman–Crippen MR) is 37.4 cm³/mol. The minimum Gasteiger partial charge on any atom is -0.481 e. The Balaban J connectivity index is 3.79. The zero-order valence-corrected chi connectivity index (χ0v) is 6.29. The molecule has 0 aliphatic heterocycles. The van der Waals surface area contributed by atoms with Crippen LogP contribution in [-0.4, -0.2) is 35.0 Å². The van der Waals surface area contributed by atoms with Crippen LogP contribution in [0.15, 0.2) is 0 Å². The van der Waals surface area contributed by atoms with Crippen LogP contribution in [0.3, 0.4) is 0 Å². The molecule has 0 aromatic rings. The van der Waals surface area contributed by atoms with E-state index in [4.69, 9.17) is 10.2 Å². The average molecular weight is 179 g/mol. The number of rotatable bonds is 6. The standard InChI is InChI=1S/C6H10FNO4/c7-3-8-4(6(11)12)1-2-5(9)10/h4,8H,1-3H2,(H,9,10)(H,11,12)/t4-/m1/s1. The molecule has 3 N–H and O–H groups in total. The molecule has 0 aromatic heterocycles. The van der Waals surface area contributed by atoms with E-state index in [1.807, 2.05) is 5.32 Å². The molecule has 0 unspecified atom stereocenters. The quantitative estimate of drug-likeness (QED) is 0.492. The monoisotopic (exact) mass is 179 g/mol. The zero-order valence-electron chi connectivity index (χ0n) is 6.29. The highest BCUT2D eigenvalue weighted by atomic mass is 19.1. The first-order valence-corrected chi connectivity index (χ1v) is 3.32. The van der Waals surface area contributed by atoms with Crippen molar-refractivity contribution in [1.29, 1.82) is 0 Å². The van der Waals surface area contributed by atoms with Gasteiger partial charge < -0.3 is 10.2 Å². The number of carboxylic acid groups (broad SMARTS) is 2. The molecule has 0 amide bonds. The summed E-state index contributed by atoms with van der Waals surface area (Å²) in [7, 11) is 0. The van der Waals surface area contributed by atoms with Crippen LogP contribution in [0.2, 0.25) is 0 Å². The van der Waals surface area contributed by atoms with Crippen molar-refractivity contribution in [2.24, 2.45) is 0 Å². The molecule has 1 atom stereocenters. The Kier molecular flexibility index (Phi) is 4.94. The van der Waals surface area contributed by atoms with Crippen LogP contribution in [0.5, 0.6) is 0 Å². The second-order valence-corrected chi connectivity index (χ2v) is 2.16. The van der Waals surface area contributed by atoms with E-state index in [-0.39, 0.29) is 12.8 Å². The van der Waals surface area contributed by atoms with E-state index in [2.05, 4.69) is 0 Å². The van der Waals surface area contributed by atoms with Crippen molar-refractivity contribution in [3.05, 3.63) is 0 Å². The fraction of sp³-hybridized carbons (Fsp3) is 0.667. The molecular weight excluding hydrogens is 169 g/mol. The fourth-order valence-corrected chi connectivity index (χ4v) is 0.674. The molecule has 0 aliphatic carbocycles. The molecule has 6 heteroatoms. The summed E-state index contributed by atoms with van der Waals surface area (Å²) in [4.78, 5) is 20.3. The van der Waals surface area contributed by atoms with Crippen LogP contribution >= 0.6 is 0 Å². The highest BCUT2D eigenvalue weighted by Crippen LogP contribution is 1.97. The summed E-state index contributed by atoms with van der Waals surface area (Å²) in [6, 6.07) is -1.12. The summed E-state index contributed by atoms with van der Waals surface area (Å²) in [5, 5.41) is 18.6. The highest BCUT2D eigenvalue weighted by molar-refractivity contribution is 5.75. The van der Waals surface area contributed by atoms with Crippen molar-refractivity contribution in [2.45, 2.75) is 18.9 Å². The van der Waals surface area contributed by atoms with Gasteiger partial charge in [0.2, 0.25) is 0 Å². The van der Waals surface area contributed by atoms with Crippen molar-refractivity contribution in [3.63, 3.8) is 0 Å². The average Bonchev–Trinajstić information content (AvgIpc) is 1.96. The van der Waals surface area contributed by atoms with Gasteiger partial charge in [-0.2, -0.15) is 0 Å². The highest BCUT2D eigenvalue weighted by Gasteiger charge is 2.17. The second kappa shape index (κ2) is 5.48. The Morgan fingerprint density at radius 3 is 2.33 bits per heavy atom. The Bertz CT molecular complexity index is 173. The lowest BCUT2D eigenvalue weighted by Gasteiger charge is -2.09. The van der Waals surface area contributed by atoms with Gasteiger partial charge in [-0.1, -0.05) is 0 Å². The van der Waals surface area contributed by atoms with E-state index in [1.165, 1.54) is 0 Å². The molecule has 0 fully saturated rings. The van der Waals surface area contributed by atoms with E-state index in [0.717, 1.165) is 0 Å². The molecular formula is C6H10FNO4. The molecule has 0 radical (unpaired) electrons. The topological polar surface area (TPSA) is 86.6 Å². The predicted octanol–water partition coefficient (Wildman–Crippen LogP) is -0.179. The molecule has 0 heterocycles. The Hall–Kier alpha value is -1.17. The van der Waals surface area contributed by atoms with Crippen LogP contribution < -0.4 is 5.32 Å². The van der Waals surface area contributed by atoms with Gasteiger partial charge in [-0.25, -0.2) is 4.39 Å². The Morgan fingerprint density at radius 1 is 1.42 bits per heavy atom. The third kappa shape index (κ3) is 4.62. The third-order valence-corrected chi connectivity index (χ3v) is 1.27. The van der Waals surface area contributed by atoms with Crippen molar-refractivity contribution in [1.82, 2.24) is 5.32 Å². The maximum atomic E-state index is 11.6. The van der Waals surface area contributed by atoms with Crippen LogP contribution in [0.4, 0.5) is 4.39 Å². The molecule has 12 heavy (non-hydrogen) atoms. The number of carbonyl (C=O) groups is 2. The lowest BCUT2D eigenvalue weighted by Crippen LogP contribution is -2.36. The molecule has 70 valence electrons. The molecule has 0 saturated heterocycles. The van der Waals surface area contributed by atoms with Crippen molar-refractivity contribution in [2.75, 3.05) is 6.80 Å². The number of halogens is 1. The van der Waals surface area contributed by atoms with Gasteiger partial charge in [-0.15, -0.1) is 0 Å². The van der Waals surface area contributed by atoms with Crippen LogP contribution in [0.25, 0.3) is 0 Å². The summed E-state index contributed by atoms with van der Waals surface area (Å²) >= 11 is 0. The van der Waals surface area contributed by atoms with E-state index >= 15 is 0 Å². The maximum Gasteiger partial charge on any atom is 0.320 e. The van der Waals surface area contributed by atoms with Crippen LogP contribution in [-0.2, 0) is 9.59 Å². The van der Waals surface area contributed by atoms with Crippen molar-refractivity contribution < 1.29 is 24.2 Å². The Labute approximate surface area is 68.2 Å². The summed E-state index contributed by atoms with van der Waals surface area (Å²) in [6.07, 6.45) is -0.404. The lowest BCUT2D eigenvalue weighted by atomic mass is 10.1. The smallest absolute Gasteiger partial charge is 0.320 e. The molecule has 0 aliphatic rings. The largest absolute Gasteiger partial charge is 0.481 e. The molecule has 0 rings (SSSR count). The van der Waals surface area contributed by atoms with Crippen LogP contribution in [0, 0.1) is 0 Å². The molecule has 0 bridgehead atoms. The SMILES string of the molecule is O=C(O)CC[C@@H](NCF)C(=O)O. The summed E-state index contributed by atoms with van der Waals surface area (Å²) < 4.78 is 11.6. The zero-order chi connectivity index (χ0) is 9.56. The van der Waals surface area contributed by atoms with Gasteiger partial charge in [0, 0.05) is 6.42 Å². The number of carboxylic acids is 2. The fourth-order valence-electron chi connectivity index (χ4n) is 0.674. The lowest BCUT2D eigenvalue weighted by molar-refractivity contribution is -0.140. The van der Waals surface area contributed by atoms with Crippen molar-refractivity contribution >= 4 is 11.9 Å². The van der Waals surface area contributed by atoms with Gasteiger partial charge >= 0.3 is 11.9 Å². The number of alkyl halides is 1. The minimum absolute atomic E-state index is 0.116. The van der Waals surface area contributed by atoms with Gasteiger partial charge in [0.15, 0.2) is 0 Å². The number of hydrogen-bond donors (Lipinski definition) is 3. The van der Waals surface area contributed by atoms with E-state index in [0.29, 0.717) is 0 Å². The summed E-state index contributed by atoms with van der Waals surface area (Å²) in [5.41, 5.74) is 0. The first-order chi connectivity index (χ1) is 5.57. The van der Waals surface area contributed by atoms with E-state index in [1.54, 1.807) is 0 Å². The summed E-state index contributed by atoms with van der Waals surface area (Å²) in [6.45, 7) is -0.976. The number of aliphatic carboxylic acids is 2. The van der Waals surface area contributed by atoms with E-state index in [9.17, 15) is 14.0 Å². The second-order valence-electron chi connectivity index (χ2n) is 2.16. The van der Waals surface area contributed by atoms with Gasteiger partial charge in [0.25, 0.3) is 0 Å². The number of nitrogens with one attached hydrogen (secondary N) is 1. The third-order valence-electron chi connectivity index (χ3n) is 1.27. The molecule has 0 aromatic carbocycles. The molecule has 5 nitrogen and oxygen atoms in total. The number of hydrogen-bond acceptors (Lipinski definition) is 3. The van der Waals surface area contributed by atoms with Gasteiger partial charge in [0.05, 0.1) is 0 Å². The first kappa shape index (κ1) is 10.8. The van der Waals surface area contributed by atoms with Crippen molar-refractivity contribution in [3.8, 4) is 0 Å².